The first-order valence-electron chi connectivity index (χ1n) is 5.80. The molecular formula is C11H19NO4. The summed E-state index contributed by atoms with van der Waals surface area (Å²) in [6.45, 7) is 4.75. The zero-order valence-electron chi connectivity index (χ0n) is 9.90. The van der Waals surface area contributed by atoms with Crippen molar-refractivity contribution in [1.82, 2.24) is 4.90 Å². The van der Waals surface area contributed by atoms with Gasteiger partial charge in [-0.3, -0.25) is 4.90 Å². The van der Waals surface area contributed by atoms with E-state index in [0.29, 0.717) is 26.2 Å². The van der Waals surface area contributed by atoms with E-state index in [1.54, 1.807) is 13.8 Å². The zero-order chi connectivity index (χ0) is 12.0. The Balaban J connectivity index is 2.63. The van der Waals surface area contributed by atoms with E-state index >= 15 is 0 Å². The van der Waals surface area contributed by atoms with Gasteiger partial charge in [-0.15, -0.1) is 0 Å². The van der Waals surface area contributed by atoms with Crippen LogP contribution < -0.4 is 0 Å². The Morgan fingerprint density at radius 3 is 2.50 bits per heavy atom. The predicted octanol–water partition coefficient (Wildman–Crippen LogP) is 1.56. The highest BCUT2D eigenvalue weighted by Crippen LogP contribution is 2.19. The maximum atomic E-state index is 11.6. The molecule has 5 nitrogen and oxygen atoms in total. The minimum absolute atomic E-state index is 0.324. The number of hydrogen-bond donors (Lipinski definition) is 0. The monoisotopic (exact) mass is 229 g/mol. The molecule has 0 aliphatic carbocycles. The predicted molar refractivity (Wildman–Crippen MR) is 58.0 cm³/mol. The number of nitrogens with zero attached hydrogens (tertiary/aromatic N) is 1. The summed E-state index contributed by atoms with van der Waals surface area (Å²) in [4.78, 5) is 24.7. The van der Waals surface area contributed by atoms with E-state index in [9.17, 15) is 9.59 Å². The van der Waals surface area contributed by atoms with Crippen LogP contribution in [0.3, 0.4) is 0 Å². The number of esters is 1. The molecule has 1 saturated heterocycles. The number of piperidine rings is 1. The van der Waals surface area contributed by atoms with Crippen LogP contribution in [0.25, 0.3) is 0 Å². The second-order valence-corrected chi connectivity index (χ2v) is 3.66. The van der Waals surface area contributed by atoms with Crippen LogP contribution in [0.15, 0.2) is 0 Å². The number of ether oxygens (including phenoxy) is 2. The first kappa shape index (κ1) is 12.8. The molecule has 16 heavy (non-hydrogen) atoms. The van der Waals surface area contributed by atoms with Crippen molar-refractivity contribution in [3.63, 3.8) is 0 Å². The Labute approximate surface area is 95.7 Å². The van der Waals surface area contributed by atoms with Crippen molar-refractivity contribution in [2.45, 2.75) is 39.2 Å². The standard InChI is InChI=1S/C11H19NO4/c1-3-15-10(13)9-7-5-6-8-12(9)11(14)16-4-2/h9H,3-8H2,1-2H3/t9-/m1/s1. The van der Waals surface area contributed by atoms with E-state index < -0.39 is 12.1 Å². The first-order chi connectivity index (χ1) is 7.70. The molecule has 0 unspecified atom stereocenters. The minimum Gasteiger partial charge on any atom is -0.464 e. The summed E-state index contributed by atoms with van der Waals surface area (Å²) in [5.41, 5.74) is 0. The molecule has 1 heterocycles. The lowest BCUT2D eigenvalue weighted by molar-refractivity contribution is -0.150. The maximum Gasteiger partial charge on any atom is 0.410 e. The molecule has 1 amide bonds. The zero-order valence-corrected chi connectivity index (χ0v) is 9.90. The molecule has 1 aliphatic heterocycles. The van der Waals surface area contributed by atoms with E-state index in [2.05, 4.69) is 0 Å². The van der Waals surface area contributed by atoms with Crippen molar-refractivity contribution in [3.05, 3.63) is 0 Å². The Hall–Kier alpha value is -1.26. The fourth-order valence-corrected chi connectivity index (χ4v) is 1.84. The molecule has 5 heteroatoms. The largest absolute Gasteiger partial charge is 0.464 e. The van der Waals surface area contributed by atoms with Crippen molar-refractivity contribution in [1.29, 1.82) is 0 Å². The molecule has 0 bridgehead atoms. The third kappa shape index (κ3) is 3.12. The second-order valence-electron chi connectivity index (χ2n) is 3.66. The summed E-state index contributed by atoms with van der Waals surface area (Å²) >= 11 is 0. The molecule has 0 aromatic rings. The number of carbonyl (C=O) groups is 2. The van der Waals surface area contributed by atoms with E-state index in [1.807, 2.05) is 0 Å². The molecule has 1 fully saturated rings. The highest BCUT2D eigenvalue weighted by molar-refractivity contribution is 5.81. The van der Waals surface area contributed by atoms with Crippen LogP contribution in [-0.2, 0) is 14.3 Å². The summed E-state index contributed by atoms with van der Waals surface area (Å²) < 4.78 is 9.87. The van der Waals surface area contributed by atoms with Crippen LogP contribution in [0.2, 0.25) is 0 Å². The lowest BCUT2D eigenvalue weighted by Gasteiger charge is -2.32. The Bertz CT molecular complexity index is 228. The smallest absolute Gasteiger partial charge is 0.410 e. The van der Waals surface area contributed by atoms with Crippen molar-refractivity contribution in [3.8, 4) is 0 Å². The fraction of sp³-hybridized carbons (Fsp3) is 0.818. The maximum absolute atomic E-state index is 11.6. The summed E-state index contributed by atoms with van der Waals surface area (Å²) in [5.74, 6) is -0.324. The van der Waals surface area contributed by atoms with Gasteiger partial charge in [0.2, 0.25) is 0 Å². The molecule has 0 radical (unpaired) electrons. The van der Waals surface area contributed by atoms with Gasteiger partial charge in [0, 0.05) is 6.54 Å². The van der Waals surface area contributed by atoms with E-state index in [0.717, 1.165) is 12.8 Å². The van der Waals surface area contributed by atoms with Gasteiger partial charge in [0.1, 0.15) is 6.04 Å². The second kappa shape index (κ2) is 6.35. The molecule has 1 atom stereocenters. The van der Waals surface area contributed by atoms with Crippen molar-refractivity contribution < 1.29 is 19.1 Å². The SMILES string of the molecule is CCOC(=O)[C@H]1CCCCN1C(=O)OCC. The molecule has 1 rings (SSSR count). The summed E-state index contributed by atoms with van der Waals surface area (Å²) in [5, 5.41) is 0. The van der Waals surface area contributed by atoms with Gasteiger partial charge in [-0.1, -0.05) is 0 Å². The average molecular weight is 229 g/mol. The van der Waals surface area contributed by atoms with Gasteiger partial charge in [0.05, 0.1) is 13.2 Å². The van der Waals surface area contributed by atoms with Crippen molar-refractivity contribution >= 4 is 12.1 Å². The molecule has 0 aromatic carbocycles. The van der Waals surface area contributed by atoms with Crippen LogP contribution in [0.5, 0.6) is 0 Å². The fourth-order valence-electron chi connectivity index (χ4n) is 1.84. The van der Waals surface area contributed by atoms with Crippen molar-refractivity contribution in [2.24, 2.45) is 0 Å². The Morgan fingerprint density at radius 2 is 1.88 bits per heavy atom. The van der Waals surface area contributed by atoms with Crippen LogP contribution in [-0.4, -0.2) is 42.8 Å². The molecule has 1 aliphatic rings. The number of likely N-dealkylation sites (tertiary alicyclic amines) is 1. The average Bonchev–Trinajstić information content (AvgIpc) is 2.30. The summed E-state index contributed by atoms with van der Waals surface area (Å²) in [6.07, 6.45) is 2.10. The van der Waals surface area contributed by atoms with Gasteiger partial charge in [0.25, 0.3) is 0 Å². The van der Waals surface area contributed by atoms with Gasteiger partial charge < -0.3 is 9.47 Å². The van der Waals surface area contributed by atoms with E-state index in [1.165, 1.54) is 4.90 Å². The van der Waals surface area contributed by atoms with Gasteiger partial charge in [-0.2, -0.15) is 0 Å². The summed E-state index contributed by atoms with van der Waals surface area (Å²) in [7, 11) is 0. The highest BCUT2D eigenvalue weighted by atomic mass is 16.6. The number of carbonyl (C=O) groups excluding carboxylic acids is 2. The number of rotatable bonds is 3. The Morgan fingerprint density at radius 1 is 1.19 bits per heavy atom. The van der Waals surface area contributed by atoms with E-state index in [-0.39, 0.29) is 5.97 Å². The molecular weight excluding hydrogens is 210 g/mol. The lowest BCUT2D eigenvalue weighted by Crippen LogP contribution is -2.48. The third-order valence-electron chi connectivity index (χ3n) is 2.56. The lowest BCUT2D eigenvalue weighted by atomic mass is 10.0. The van der Waals surface area contributed by atoms with Crippen molar-refractivity contribution in [2.75, 3.05) is 19.8 Å². The van der Waals surface area contributed by atoms with Gasteiger partial charge in [0.15, 0.2) is 0 Å². The van der Waals surface area contributed by atoms with Gasteiger partial charge in [-0.25, -0.2) is 9.59 Å². The van der Waals surface area contributed by atoms with Crippen LogP contribution in [0, 0.1) is 0 Å². The molecule has 0 aromatic heterocycles. The highest BCUT2D eigenvalue weighted by Gasteiger charge is 2.33. The normalized spacial score (nSPS) is 20.4. The molecule has 0 N–H and O–H groups in total. The van der Waals surface area contributed by atoms with Crippen LogP contribution in [0.4, 0.5) is 4.79 Å². The molecule has 92 valence electrons. The Kier molecular flexibility index (Phi) is 5.08. The van der Waals surface area contributed by atoms with Crippen LogP contribution >= 0.6 is 0 Å². The summed E-state index contributed by atoms with van der Waals surface area (Å²) in [6, 6.07) is -0.465. The van der Waals surface area contributed by atoms with Gasteiger partial charge in [-0.05, 0) is 33.1 Å². The van der Waals surface area contributed by atoms with Crippen LogP contribution in [0.1, 0.15) is 33.1 Å². The third-order valence-corrected chi connectivity index (χ3v) is 2.56. The molecule has 0 spiro atoms. The number of hydrogen-bond acceptors (Lipinski definition) is 4. The quantitative estimate of drug-likeness (QED) is 0.689. The molecule has 0 saturated carbocycles. The minimum atomic E-state index is -0.465. The van der Waals surface area contributed by atoms with Gasteiger partial charge >= 0.3 is 12.1 Å². The topological polar surface area (TPSA) is 55.8 Å². The number of amides is 1. The first-order valence-corrected chi connectivity index (χ1v) is 5.80. The van der Waals surface area contributed by atoms with E-state index in [4.69, 9.17) is 9.47 Å².